The van der Waals surface area contributed by atoms with E-state index in [2.05, 4.69) is 69.3 Å². The summed E-state index contributed by atoms with van der Waals surface area (Å²) >= 11 is 0. The van der Waals surface area contributed by atoms with Gasteiger partial charge in [-0.15, -0.1) is 5.10 Å². The van der Waals surface area contributed by atoms with Crippen LogP contribution in [-0.4, -0.2) is 32.3 Å². The molecule has 0 aliphatic heterocycles. The first-order valence-electron chi connectivity index (χ1n) is 7.56. The lowest BCUT2D eigenvalue weighted by atomic mass is 10.1. The van der Waals surface area contributed by atoms with E-state index in [1.165, 1.54) is 18.1 Å². The van der Waals surface area contributed by atoms with Crippen molar-refractivity contribution in [2.45, 2.75) is 19.6 Å². The van der Waals surface area contributed by atoms with Gasteiger partial charge in [-0.3, -0.25) is 10.1 Å². The van der Waals surface area contributed by atoms with Crippen LogP contribution in [0, 0.1) is 0 Å². The lowest BCUT2D eigenvalue weighted by Gasteiger charge is -2.02. The minimum Gasteiger partial charge on any atom is -0.292 e. The number of anilines is 1. The normalized spacial score (nSPS) is 10.6. The number of halogens is 3. The number of alkyl halides is 3. The molecule has 0 saturated heterocycles. The first-order chi connectivity index (χ1) is 12.3. The summed E-state index contributed by atoms with van der Waals surface area (Å²) < 4.78 is 35.4. The second-order valence-electron chi connectivity index (χ2n) is 5.17. The lowest BCUT2D eigenvalue weighted by molar-refractivity contribution is -0.145. The molecule has 2 aromatic carbocycles. The van der Waals surface area contributed by atoms with Crippen LogP contribution in [0.1, 0.15) is 6.92 Å². The maximum Gasteiger partial charge on any atom is 0.409 e. The summed E-state index contributed by atoms with van der Waals surface area (Å²) in [7, 11) is 0. The number of benzene rings is 2. The molecule has 0 aliphatic carbocycles. The van der Waals surface area contributed by atoms with Gasteiger partial charge in [0.1, 0.15) is 0 Å². The van der Waals surface area contributed by atoms with Gasteiger partial charge in [0, 0.05) is 6.92 Å². The first kappa shape index (κ1) is 19.1. The van der Waals surface area contributed by atoms with E-state index >= 15 is 0 Å². The van der Waals surface area contributed by atoms with Gasteiger partial charge in [0.25, 0.3) is 5.95 Å². The second-order valence-corrected chi connectivity index (χ2v) is 5.17. The monoisotopic (exact) mass is 363 g/mol. The SMILES string of the molecule is CC(=O)Nc1nnn(CC(F)(F)F)n1.c1ccc(-c2ccccc2)cc1. The zero-order valence-corrected chi connectivity index (χ0v) is 13.8. The number of hydrogen-bond donors (Lipinski definition) is 1. The van der Waals surface area contributed by atoms with Gasteiger partial charge in [-0.25, -0.2) is 0 Å². The molecule has 3 aromatic rings. The molecule has 0 unspecified atom stereocenters. The van der Waals surface area contributed by atoms with E-state index in [9.17, 15) is 18.0 Å². The van der Waals surface area contributed by atoms with Crippen LogP contribution in [0.3, 0.4) is 0 Å². The van der Waals surface area contributed by atoms with Gasteiger partial charge < -0.3 is 0 Å². The fourth-order valence-electron chi connectivity index (χ4n) is 1.94. The lowest BCUT2D eigenvalue weighted by Crippen LogP contribution is -2.20. The van der Waals surface area contributed by atoms with Crippen LogP contribution >= 0.6 is 0 Å². The number of rotatable bonds is 3. The smallest absolute Gasteiger partial charge is 0.292 e. The zero-order chi connectivity index (χ0) is 19.0. The van der Waals surface area contributed by atoms with Crippen LogP contribution in [0.5, 0.6) is 0 Å². The molecule has 9 heteroatoms. The number of carbonyl (C=O) groups is 1. The molecular weight excluding hydrogens is 347 g/mol. The van der Waals surface area contributed by atoms with Crippen molar-refractivity contribution in [1.82, 2.24) is 20.2 Å². The Bertz CT molecular complexity index is 782. The van der Waals surface area contributed by atoms with E-state index < -0.39 is 18.6 Å². The topological polar surface area (TPSA) is 72.7 Å². The van der Waals surface area contributed by atoms with Gasteiger partial charge in [0.15, 0.2) is 6.54 Å². The molecule has 6 nitrogen and oxygen atoms in total. The highest BCUT2D eigenvalue weighted by Crippen LogP contribution is 2.17. The Labute approximate surface area is 147 Å². The summed E-state index contributed by atoms with van der Waals surface area (Å²) in [6, 6.07) is 20.8. The molecule has 0 atom stereocenters. The molecule has 3 rings (SSSR count). The van der Waals surface area contributed by atoms with Crippen molar-refractivity contribution < 1.29 is 18.0 Å². The van der Waals surface area contributed by atoms with Gasteiger partial charge in [0.2, 0.25) is 5.91 Å². The molecule has 0 bridgehead atoms. The molecule has 1 N–H and O–H groups in total. The van der Waals surface area contributed by atoms with Crippen LogP contribution in [0.25, 0.3) is 11.1 Å². The average Bonchev–Trinajstić information content (AvgIpc) is 3.01. The molecular formula is C17H16F3N5O. The number of carbonyl (C=O) groups excluding carboxylic acids is 1. The first-order valence-corrected chi connectivity index (χ1v) is 7.56. The molecule has 0 saturated carbocycles. The van der Waals surface area contributed by atoms with Crippen LogP contribution < -0.4 is 5.32 Å². The molecule has 0 spiro atoms. The number of nitrogens with one attached hydrogen (secondary N) is 1. The van der Waals surface area contributed by atoms with E-state index in [0.717, 1.165) is 0 Å². The van der Waals surface area contributed by atoms with Crippen molar-refractivity contribution in [3.63, 3.8) is 0 Å². The highest BCUT2D eigenvalue weighted by Gasteiger charge is 2.29. The van der Waals surface area contributed by atoms with Crippen molar-refractivity contribution >= 4 is 11.9 Å². The Kier molecular flexibility index (Phi) is 6.42. The van der Waals surface area contributed by atoms with Crippen molar-refractivity contribution in [3.05, 3.63) is 60.7 Å². The van der Waals surface area contributed by atoms with Gasteiger partial charge in [-0.2, -0.15) is 18.0 Å². The zero-order valence-electron chi connectivity index (χ0n) is 13.8. The molecule has 1 amide bonds. The van der Waals surface area contributed by atoms with E-state index in [4.69, 9.17) is 0 Å². The van der Waals surface area contributed by atoms with E-state index in [1.54, 1.807) is 0 Å². The van der Waals surface area contributed by atoms with E-state index in [1.807, 2.05) is 12.1 Å². The molecule has 0 aliphatic rings. The fraction of sp³-hybridized carbons (Fsp3) is 0.176. The van der Waals surface area contributed by atoms with E-state index in [-0.39, 0.29) is 5.95 Å². The molecule has 1 heterocycles. The van der Waals surface area contributed by atoms with Crippen molar-refractivity contribution in [2.75, 3.05) is 5.32 Å². The van der Waals surface area contributed by atoms with E-state index in [0.29, 0.717) is 4.80 Å². The minimum atomic E-state index is -4.41. The fourth-order valence-corrected chi connectivity index (χ4v) is 1.94. The molecule has 26 heavy (non-hydrogen) atoms. The molecule has 1 aromatic heterocycles. The van der Waals surface area contributed by atoms with Crippen LogP contribution in [-0.2, 0) is 11.3 Å². The van der Waals surface area contributed by atoms with Crippen molar-refractivity contribution in [1.29, 1.82) is 0 Å². The van der Waals surface area contributed by atoms with Gasteiger partial charge in [-0.1, -0.05) is 65.8 Å². The number of hydrogen-bond acceptors (Lipinski definition) is 4. The average molecular weight is 363 g/mol. The summed E-state index contributed by atoms with van der Waals surface area (Å²) in [5.74, 6) is -0.724. The highest BCUT2D eigenvalue weighted by molar-refractivity contribution is 5.86. The standard InChI is InChI=1S/C12H10.C5H6F3N5O/c1-3-7-11(8-4-1)12-9-5-2-6-10-12;1-3(14)9-4-10-12-13(11-4)2-5(6,7)8/h1-10H;2H2,1H3,(H,9,11,14). The highest BCUT2D eigenvalue weighted by atomic mass is 19.4. The summed E-state index contributed by atoms with van der Waals surface area (Å²) in [4.78, 5) is 10.8. The number of amides is 1. The second kappa shape index (κ2) is 8.75. The van der Waals surface area contributed by atoms with Crippen LogP contribution in [0.4, 0.5) is 19.1 Å². The number of aromatic nitrogens is 4. The Morgan fingerprint density at radius 3 is 1.92 bits per heavy atom. The van der Waals surface area contributed by atoms with Crippen molar-refractivity contribution in [3.8, 4) is 11.1 Å². The maximum absolute atomic E-state index is 11.8. The summed E-state index contributed by atoms with van der Waals surface area (Å²) in [5, 5.41) is 11.7. The Morgan fingerprint density at radius 1 is 1.00 bits per heavy atom. The third kappa shape index (κ3) is 6.71. The maximum atomic E-state index is 11.8. The third-order valence-corrected chi connectivity index (χ3v) is 2.94. The Hall–Kier alpha value is -3.23. The predicted molar refractivity (Wildman–Crippen MR) is 90.1 cm³/mol. The Balaban J connectivity index is 0.000000189. The van der Waals surface area contributed by atoms with Gasteiger partial charge >= 0.3 is 6.18 Å². The summed E-state index contributed by atoms with van der Waals surface area (Å²) in [5.41, 5.74) is 2.55. The van der Waals surface area contributed by atoms with Crippen LogP contribution in [0.2, 0.25) is 0 Å². The summed E-state index contributed by atoms with van der Waals surface area (Å²) in [6.45, 7) is -0.149. The predicted octanol–water partition coefficient (Wildman–Crippen LogP) is 3.55. The Morgan fingerprint density at radius 2 is 1.50 bits per heavy atom. The van der Waals surface area contributed by atoms with Gasteiger partial charge in [-0.05, 0) is 16.3 Å². The molecule has 136 valence electrons. The van der Waals surface area contributed by atoms with Crippen molar-refractivity contribution in [2.24, 2.45) is 0 Å². The summed E-state index contributed by atoms with van der Waals surface area (Å²) in [6.07, 6.45) is -4.41. The largest absolute Gasteiger partial charge is 0.409 e. The third-order valence-electron chi connectivity index (χ3n) is 2.94. The molecule has 0 radical (unpaired) electrons. The molecule has 0 fully saturated rings. The van der Waals surface area contributed by atoms with Crippen LogP contribution in [0.15, 0.2) is 60.7 Å². The number of tetrazole rings is 1. The van der Waals surface area contributed by atoms with Gasteiger partial charge in [0.05, 0.1) is 0 Å². The minimum absolute atomic E-state index is 0.248. The quantitative estimate of drug-likeness (QED) is 0.772. The number of nitrogens with zero attached hydrogens (tertiary/aromatic N) is 4.